The fraction of sp³-hybridized carbons (Fsp3) is 0.394. The molecular formula is C33H42N2O3. The Kier molecular flexibility index (Phi) is 10.1. The smallest absolute Gasteiger partial charge is 0.261 e. The van der Waals surface area contributed by atoms with E-state index in [1.54, 1.807) is 4.90 Å². The zero-order chi connectivity index (χ0) is 27.7. The normalized spacial score (nSPS) is 12.2. The molecule has 0 aliphatic heterocycles. The van der Waals surface area contributed by atoms with Gasteiger partial charge in [-0.25, -0.2) is 0 Å². The number of amides is 2. The van der Waals surface area contributed by atoms with Crippen LogP contribution in [0.3, 0.4) is 0 Å². The van der Waals surface area contributed by atoms with Gasteiger partial charge in [0, 0.05) is 19.5 Å². The molecule has 2 amide bonds. The van der Waals surface area contributed by atoms with E-state index in [1.165, 1.54) is 0 Å². The summed E-state index contributed by atoms with van der Waals surface area (Å²) < 4.78 is 6.12. The van der Waals surface area contributed by atoms with Crippen LogP contribution in [0.5, 0.6) is 5.75 Å². The third-order valence-corrected chi connectivity index (χ3v) is 6.44. The third kappa shape index (κ3) is 8.47. The van der Waals surface area contributed by atoms with E-state index >= 15 is 0 Å². The van der Waals surface area contributed by atoms with Crippen molar-refractivity contribution in [2.75, 3.05) is 13.2 Å². The second-order valence-electron chi connectivity index (χ2n) is 11.4. The number of aryl methyl sites for hydroxylation is 1. The Morgan fingerprint density at radius 2 is 1.55 bits per heavy atom. The molecule has 0 fully saturated rings. The monoisotopic (exact) mass is 514 g/mol. The summed E-state index contributed by atoms with van der Waals surface area (Å²) in [6.07, 6.45) is 0.418. The maximum absolute atomic E-state index is 13.9. The summed E-state index contributed by atoms with van der Waals surface area (Å²) in [5.74, 6) is 0.608. The fourth-order valence-electron chi connectivity index (χ4n) is 4.42. The van der Waals surface area contributed by atoms with Crippen LogP contribution in [-0.2, 0) is 28.0 Å². The number of nitrogens with zero attached hydrogens (tertiary/aromatic N) is 1. The van der Waals surface area contributed by atoms with Crippen LogP contribution in [0.15, 0.2) is 78.9 Å². The Labute approximate surface area is 228 Å². The molecule has 0 saturated carbocycles. The largest absolute Gasteiger partial charge is 0.483 e. The van der Waals surface area contributed by atoms with Crippen LogP contribution in [0.1, 0.15) is 56.9 Å². The van der Waals surface area contributed by atoms with Crippen LogP contribution < -0.4 is 10.1 Å². The Balaban J connectivity index is 1.94. The topological polar surface area (TPSA) is 58.6 Å². The maximum atomic E-state index is 13.9. The van der Waals surface area contributed by atoms with Crippen molar-refractivity contribution >= 4 is 11.8 Å². The van der Waals surface area contributed by atoms with Crippen molar-refractivity contribution < 1.29 is 14.3 Å². The third-order valence-electron chi connectivity index (χ3n) is 6.44. The number of nitrogens with one attached hydrogen (secondary N) is 1. The molecule has 0 aromatic heterocycles. The molecule has 5 nitrogen and oxygen atoms in total. The average molecular weight is 515 g/mol. The Morgan fingerprint density at radius 3 is 2.21 bits per heavy atom. The summed E-state index contributed by atoms with van der Waals surface area (Å²) in [6, 6.07) is 25.1. The molecule has 3 aromatic carbocycles. The van der Waals surface area contributed by atoms with Crippen LogP contribution in [0.4, 0.5) is 0 Å². The standard InChI is InChI=1S/C33H42N2O3/c1-24(2)21-34-32(37)29(20-26-14-8-7-9-15-26)35(22-27-16-12-13-25(3)19-27)31(36)23-38-30-18-11-10-17-28(30)33(4,5)6/h7-19,24,29H,20-23H2,1-6H3,(H,34,37)/t29-/m0/s1. The number of carbonyl (C=O) groups is 2. The first-order chi connectivity index (χ1) is 18.0. The summed E-state index contributed by atoms with van der Waals surface area (Å²) in [7, 11) is 0. The molecule has 0 saturated heterocycles. The number of para-hydroxylation sites is 1. The minimum atomic E-state index is -0.675. The van der Waals surface area contributed by atoms with Gasteiger partial charge in [-0.15, -0.1) is 0 Å². The molecule has 0 aliphatic carbocycles. The highest BCUT2D eigenvalue weighted by Crippen LogP contribution is 2.31. The Morgan fingerprint density at radius 1 is 0.895 bits per heavy atom. The number of hydrogen-bond acceptors (Lipinski definition) is 3. The SMILES string of the molecule is Cc1cccc(CN(C(=O)COc2ccccc2C(C)(C)C)[C@@H](Cc2ccccc2)C(=O)NCC(C)C)c1. The van der Waals surface area contributed by atoms with Gasteiger partial charge in [0.1, 0.15) is 11.8 Å². The molecule has 0 heterocycles. The lowest BCUT2D eigenvalue weighted by molar-refractivity contribution is -0.142. The van der Waals surface area contributed by atoms with Crippen LogP contribution in [-0.4, -0.2) is 35.9 Å². The van der Waals surface area contributed by atoms with Gasteiger partial charge in [-0.1, -0.05) is 113 Å². The van der Waals surface area contributed by atoms with E-state index < -0.39 is 6.04 Å². The number of rotatable bonds is 11. The first-order valence-corrected chi connectivity index (χ1v) is 13.4. The van der Waals surface area contributed by atoms with E-state index in [0.717, 1.165) is 22.3 Å². The number of carbonyl (C=O) groups excluding carboxylic acids is 2. The van der Waals surface area contributed by atoms with E-state index in [9.17, 15) is 9.59 Å². The van der Waals surface area contributed by atoms with Crippen LogP contribution in [0.25, 0.3) is 0 Å². The summed E-state index contributed by atoms with van der Waals surface area (Å²) >= 11 is 0. The molecular weight excluding hydrogens is 472 g/mol. The van der Waals surface area contributed by atoms with Gasteiger partial charge in [-0.2, -0.15) is 0 Å². The lowest BCUT2D eigenvalue weighted by atomic mass is 9.86. The van der Waals surface area contributed by atoms with Gasteiger partial charge in [0.25, 0.3) is 5.91 Å². The lowest BCUT2D eigenvalue weighted by Gasteiger charge is -2.32. The highest BCUT2D eigenvalue weighted by molar-refractivity contribution is 5.88. The maximum Gasteiger partial charge on any atom is 0.261 e. The molecule has 0 bridgehead atoms. The van der Waals surface area contributed by atoms with Crippen LogP contribution in [0, 0.1) is 12.8 Å². The van der Waals surface area contributed by atoms with Gasteiger partial charge in [-0.3, -0.25) is 9.59 Å². The van der Waals surface area contributed by atoms with E-state index in [1.807, 2.05) is 79.7 Å². The predicted octanol–water partition coefficient (Wildman–Crippen LogP) is 6.08. The second kappa shape index (κ2) is 13.3. The highest BCUT2D eigenvalue weighted by Gasteiger charge is 2.31. The Hall–Kier alpha value is -3.60. The molecule has 5 heteroatoms. The minimum absolute atomic E-state index is 0.131. The van der Waals surface area contributed by atoms with E-state index in [0.29, 0.717) is 31.2 Å². The quantitative estimate of drug-likeness (QED) is 0.337. The summed E-state index contributed by atoms with van der Waals surface area (Å²) in [6.45, 7) is 13.2. The molecule has 38 heavy (non-hydrogen) atoms. The zero-order valence-corrected chi connectivity index (χ0v) is 23.7. The van der Waals surface area contributed by atoms with Crippen molar-refractivity contribution in [1.82, 2.24) is 10.2 Å². The second-order valence-corrected chi connectivity index (χ2v) is 11.4. The predicted molar refractivity (Wildman–Crippen MR) is 154 cm³/mol. The molecule has 3 rings (SSSR count). The van der Waals surface area contributed by atoms with Crippen molar-refractivity contribution in [3.05, 3.63) is 101 Å². The first kappa shape index (κ1) is 29.0. The van der Waals surface area contributed by atoms with Gasteiger partial charge in [0.2, 0.25) is 5.91 Å². The van der Waals surface area contributed by atoms with Crippen molar-refractivity contribution in [3.63, 3.8) is 0 Å². The van der Waals surface area contributed by atoms with Gasteiger partial charge < -0.3 is 15.0 Å². The van der Waals surface area contributed by atoms with Gasteiger partial charge in [0.15, 0.2) is 6.61 Å². The summed E-state index contributed by atoms with van der Waals surface area (Å²) in [5, 5.41) is 3.06. The molecule has 1 N–H and O–H groups in total. The first-order valence-electron chi connectivity index (χ1n) is 13.4. The van der Waals surface area contributed by atoms with Crippen molar-refractivity contribution in [1.29, 1.82) is 0 Å². The van der Waals surface area contributed by atoms with Gasteiger partial charge in [-0.05, 0) is 41.0 Å². The molecule has 1 atom stereocenters. The number of hydrogen-bond donors (Lipinski definition) is 1. The Bertz CT molecular complexity index is 1200. The van der Waals surface area contributed by atoms with Crippen molar-refractivity contribution in [3.8, 4) is 5.75 Å². The molecule has 0 unspecified atom stereocenters. The molecule has 202 valence electrons. The molecule has 0 spiro atoms. The van der Waals surface area contributed by atoms with E-state index in [-0.39, 0.29) is 23.8 Å². The fourth-order valence-corrected chi connectivity index (χ4v) is 4.42. The van der Waals surface area contributed by atoms with E-state index in [2.05, 4.69) is 46.0 Å². The molecule has 3 aromatic rings. The zero-order valence-electron chi connectivity index (χ0n) is 23.7. The number of benzene rings is 3. The van der Waals surface area contributed by atoms with Crippen LogP contribution in [0.2, 0.25) is 0 Å². The van der Waals surface area contributed by atoms with Crippen molar-refractivity contribution in [2.45, 2.75) is 66.0 Å². The molecule has 0 radical (unpaired) electrons. The lowest BCUT2D eigenvalue weighted by Crippen LogP contribution is -2.52. The van der Waals surface area contributed by atoms with Gasteiger partial charge in [0.05, 0.1) is 0 Å². The number of ether oxygens (including phenoxy) is 1. The van der Waals surface area contributed by atoms with E-state index in [4.69, 9.17) is 4.74 Å². The summed E-state index contributed by atoms with van der Waals surface area (Å²) in [5.41, 5.74) is 3.98. The summed E-state index contributed by atoms with van der Waals surface area (Å²) in [4.78, 5) is 29.1. The average Bonchev–Trinajstić information content (AvgIpc) is 2.88. The minimum Gasteiger partial charge on any atom is -0.483 e. The van der Waals surface area contributed by atoms with Crippen LogP contribution >= 0.6 is 0 Å². The van der Waals surface area contributed by atoms with Crippen molar-refractivity contribution in [2.24, 2.45) is 5.92 Å². The van der Waals surface area contributed by atoms with Gasteiger partial charge >= 0.3 is 0 Å². The molecule has 0 aliphatic rings. The highest BCUT2D eigenvalue weighted by atomic mass is 16.5.